The van der Waals surface area contributed by atoms with Crippen LogP contribution in [0.4, 0.5) is 0 Å². The number of hydrogen-bond acceptors (Lipinski definition) is 2. The van der Waals surface area contributed by atoms with Gasteiger partial charge >= 0.3 is 0 Å². The molecule has 1 rings (SSSR count). The molecule has 0 aliphatic carbocycles. The summed E-state index contributed by atoms with van der Waals surface area (Å²) < 4.78 is 0. The van der Waals surface area contributed by atoms with Crippen LogP contribution in [0.25, 0.3) is 0 Å². The highest BCUT2D eigenvalue weighted by atomic mass is 16.2. The second-order valence-electron chi connectivity index (χ2n) is 6.37. The van der Waals surface area contributed by atoms with E-state index < -0.39 is 6.04 Å². The van der Waals surface area contributed by atoms with E-state index in [1.807, 2.05) is 30.3 Å². The average molecular weight is 274 g/mol. The Balaban J connectivity index is 2.84. The largest absolute Gasteiger partial charge is 0.348 e. The third-order valence-electron chi connectivity index (χ3n) is 3.09. The van der Waals surface area contributed by atoms with Crippen LogP contribution in [-0.2, 0) is 4.79 Å². The summed E-state index contributed by atoms with van der Waals surface area (Å²) in [6.45, 7) is 10.1. The zero-order chi connectivity index (χ0) is 15.2. The first-order valence-corrected chi connectivity index (χ1v) is 7.05. The van der Waals surface area contributed by atoms with Crippen molar-refractivity contribution in [2.45, 2.75) is 45.7 Å². The van der Waals surface area contributed by atoms with Gasteiger partial charge in [-0.15, -0.1) is 6.58 Å². The topological polar surface area (TPSA) is 55.1 Å². The van der Waals surface area contributed by atoms with Crippen molar-refractivity contribution < 1.29 is 4.79 Å². The summed E-state index contributed by atoms with van der Waals surface area (Å²) >= 11 is 0. The summed E-state index contributed by atoms with van der Waals surface area (Å²) in [4.78, 5) is 12.1. The Bertz CT molecular complexity index is 434. The van der Waals surface area contributed by atoms with E-state index in [4.69, 9.17) is 5.73 Å². The molecule has 0 spiro atoms. The van der Waals surface area contributed by atoms with Gasteiger partial charge in [0.1, 0.15) is 0 Å². The van der Waals surface area contributed by atoms with Crippen LogP contribution in [0.3, 0.4) is 0 Å². The van der Waals surface area contributed by atoms with Gasteiger partial charge in [0.15, 0.2) is 0 Å². The van der Waals surface area contributed by atoms with E-state index in [0.717, 1.165) is 12.0 Å². The average Bonchev–Trinajstić information content (AvgIpc) is 2.37. The Labute approximate surface area is 122 Å². The molecule has 0 fully saturated rings. The van der Waals surface area contributed by atoms with Crippen LogP contribution in [0.5, 0.6) is 0 Å². The summed E-state index contributed by atoms with van der Waals surface area (Å²) in [5, 5.41) is 3.06. The van der Waals surface area contributed by atoms with Crippen LogP contribution >= 0.6 is 0 Å². The number of nitrogens with two attached hydrogens (primary N) is 1. The number of carbonyl (C=O) groups is 1. The lowest BCUT2D eigenvalue weighted by Gasteiger charge is -2.28. The molecule has 1 aromatic carbocycles. The molecule has 0 aliphatic heterocycles. The van der Waals surface area contributed by atoms with Crippen molar-refractivity contribution >= 4 is 5.91 Å². The molecule has 3 N–H and O–H groups in total. The van der Waals surface area contributed by atoms with Gasteiger partial charge in [0, 0.05) is 0 Å². The monoisotopic (exact) mass is 274 g/mol. The number of amides is 1. The second-order valence-corrected chi connectivity index (χ2v) is 6.37. The summed E-state index contributed by atoms with van der Waals surface area (Å²) in [6.07, 6.45) is 3.03. The Hall–Kier alpha value is -1.61. The SMILES string of the molecule is C=CCC(N)C(=O)NC(CC(C)(C)C)c1ccccc1. The molecule has 1 amide bonds. The van der Waals surface area contributed by atoms with Crippen LogP contribution < -0.4 is 11.1 Å². The van der Waals surface area contributed by atoms with E-state index >= 15 is 0 Å². The van der Waals surface area contributed by atoms with Crippen molar-refractivity contribution in [2.75, 3.05) is 0 Å². The predicted molar refractivity (Wildman–Crippen MR) is 84.2 cm³/mol. The summed E-state index contributed by atoms with van der Waals surface area (Å²) in [5.41, 5.74) is 7.07. The Kier molecular flexibility index (Phi) is 5.96. The molecule has 1 aromatic rings. The third kappa shape index (κ3) is 5.57. The normalized spacial score (nSPS) is 14.4. The molecule has 110 valence electrons. The first-order valence-electron chi connectivity index (χ1n) is 7.05. The van der Waals surface area contributed by atoms with Gasteiger partial charge in [-0.1, -0.05) is 57.2 Å². The zero-order valence-electron chi connectivity index (χ0n) is 12.7. The minimum atomic E-state index is -0.529. The van der Waals surface area contributed by atoms with Gasteiger partial charge < -0.3 is 11.1 Å². The molecule has 0 radical (unpaired) electrons. The van der Waals surface area contributed by atoms with Gasteiger partial charge in [0.2, 0.25) is 5.91 Å². The Morgan fingerprint density at radius 3 is 2.45 bits per heavy atom. The van der Waals surface area contributed by atoms with Crippen molar-refractivity contribution in [3.63, 3.8) is 0 Å². The quantitative estimate of drug-likeness (QED) is 0.783. The van der Waals surface area contributed by atoms with Crippen molar-refractivity contribution in [2.24, 2.45) is 11.1 Å². The highest BCUT2D eigenvalue weighted by molar-refractivity contribution is 5.82. The van der Waals surface area contributed by atoms with Crippen LogP contribution in [0.15, 0.2) is 43.0 Å². The zero-order valence-corrected chi connectivity index (χ0v) is 12.7. The second kappa shape index (κ2) is 7.25. The Morgan fingerprint density at radius 1 is 1.35 bits per heavy atom. The molecule has 2 atom stereocenters. The van der Waals surface area contributed by atoms with Crippen LogP contribution in [0.2, 0.25) is 0 Å². The van der Waals surface area contributed by atoms with Crippen molar-refractivity contribution in [1.29, 1.82) is 0 Å². The number of benzene rings is 1. The number of rotatable bonds is 6. The fourth-order valence-electron chi connectivity index (χ4n) is 2.12. The van der Waals surface area contributed by atoms with E-state index in [2.05, 4.69) is 32.7 Å². The first-order chi connectivity index (χ1) is 9.33. The predicted octanol–water partition coefficient (Wildman–Crippen LogP) is 3.18. The highest BCUT2D eigenvalue weighted by Gasteiger charge is 2.23. The molecule has 20 heavy (non-hydrogen) atoms. The molecule has 0 saturated heterocycles. The molecular weight excluding hydrogens is 248 g/mol. The molecule has 3 nitrogen and oxygen atoms in total. The molecular formula is C17H26N2O. The number of nitrogens with one attached hydrogen (secondary N) is 1. The minimum Gasteiger partial charge on any atom is -0.348 e. The van der Waals surface area contributed by atoms with Gasteiger partial charge in [-0.2, -0.15) is 0 Å². The first kappa shape index (κ1) is 16.4. The lowest BCUT2D eigenvalue weighted by atomic mass is 9.85. The maximum atomic E-state index is 12.1. The molecule has 0 aromatic heterocycles. The maximum Gasteiger partial charge on any atom is 0.237 e. The van der Waals surface area contributed by atoms with E-state index in [1.165, 1.54) is 0 Å². The Morgan fingerprint density at radius 2 is 1.95 bits per heavy atom. The number of hydrogen-bond donors (Lipinski definition) is 2. The molecule has 0 aliphatic rings. The van der Waals surface area contributed by atoms with E-state index in [-0.39, 0.29) is 17.4 Å². The van der Waals surface area contributed by atoms with Crippen LogP contribution in [0, 0.1) is 5.41 Å². The van der Waals surface area contributed by atoms with E-state index in [9.17, 15) is 4.79 Å². The summed E-state index contributed by atoms with van der Waals surface area (Å²) in [6, 6.07) is 9.48. The standard InChI is InChI=1S/C17H26N2O/c1-5-9-14(18)16(20)19-15(12-17(2,3)4)13-10-7-6-8-11-13/h5-8,10-11,14-15H,1,9,12,18H2,2-4H3,(H,19,20). The lowest BCUT2D eigenvalue weighted by molar-refractivity contribution is -0.123. The lowest BCUT2D eigenvalue weighted by Crippen LogP contribution is -2.42. The van der Waals surface area contributed by atoms with Crippen molar-refractivity contribution in [1.82, 2.24) is 5.32 Å². The van der Waals surface area contributed by atoms with Crippen molar-refractivity contribution in [3.8, 4) is 0 Å². The third-order valence-corrected chi connectivity index (χ3v) is 3.09. The van der Waals surface area contributed by atoms with E-state index in [0.29, 0.717) is 6.42 Å². The highest BCUT2D eigenvalue weighted by Crippen LogP contribution is 2.29. The smallest absolute Gasteiger partial charge is 0.237 e. The fourth-order valence-corrected chi connectivity index (χ4v) is 2.12. The maximum absolute atomic E-state index is 12.1. The fraction of sp³-hybridized carbons (Fsp3) is 0.471. The van der Waals surface area contributed by atoms with Crippen LogP contribution in [0.1, 0.15) is 45.2 Å². The molecule has 0 saturated carbocycles. The van der Waals surface area contributed by atoms with Crippen molar-refractivity contribution in [3.05, 3.63) is 48.6 Å². The molecule has 3 heteroatoms. The summed E-state index contributed by atoms with van der Waals surface area (Å²) in [7, 11) is 0. The molecule has 2 unspecified atom stereocenters. The van der Waals surface area contributed by atoms with Gasteiger partial charge in [-0.05, 0) is 23.8 Å². The minimum absolute atomic E-state index is 0.0143. The molecule has 0 heterocycles. The number of carbonyl (C=O) groups excluding carboxylic acids is 1. The molecule has 0 bridgehead atoms. The van der Waals surface area contributed by atoms with Gasteiger partial charge in [0.05, 0.1) is 12.1 Å². The van der Waals surface area contributed by atoms with Gasteiger partial charge in [-0.25, -0.2) is 0 Å². The van der Waals surface area contributed by atoms with Gasteiger partial charge in [0.25, 0.3) is 0 Å². The van der Waals surface area contributed by atoms with E-state index in [1.54, 1.807) is 6.08 Å². The summed E-state index contributed by atoms with van der Waals surface area (Å²) in [5.74, 6) is -0.122. The van der Waals surface area contributed by atoms with Crippen LogP contribution in [-0.4, -0.2) is 11.9 Å². The van der Waals surface area contributed by atoms with Gasteiger partial charge in [-0.3, -0.25) is 4.79 Å².